The van der Waals surface area contributed by atoms with Gasteiger partial charge in [-0.1, -0.05) is 30.3 Å². The number of nitrogens with one attached hydrogen (secondary N) is 1. The second kappa shape index (κ2) is 8.15. The van der Waals surface area contributed by atoms with Gasteiger partial charge in [0.2, 0.25) is 5.91 Å². The third kappa shape index (κ3) is 4.59. The molecule has 1 aliphatic rings. The van der Waals surface area contributed by atoms with Gasteiger partial charge in [0.15, 0.2) is 0 Å². The SMILES string of the molecule is C[C@@H]1Cc2ccccc2N1CCCNC(=O)CCc1ccc(F)cc1. The highest BCUT2D eigenvalue weighted by atomic mass is 19.1. The summed E-state index contributed by atoms with van der Waals surface area (Å²) in [6.45, 7) is 3.89. The quantitative estimate of drug-likeness (QED) is 0.779. The molecular formula is C21H25FN2O. The normalized spacial score (nSPS) is 15.9. The van der Waals surface area contributed by atoms with E-state index >= 15 is 0 Å². The van der Waals surface area contributed by atoms with Crippen molar-refractivity contribution in [1.29, 1.82) is 0 Å². The zero-order chi connectivity index (χ0) is 17.6. The Bertz CT molecular complexity index is 714. The molecule has 0 saturated carbocycles. The van der Waals surface area contributed by atoms with E-state index in [4.69, 9.17) is 0 Å². The molecule has 0 radical (unpaired) electrons. The number of rotatable bonds is 7. The lowest BCUT2D eigenvalue weighted by molar-refractivity contribution is -0.121. The number of fused-ring (bicyclic) bond motifs is 1. The van der Waals surface area contributed by atoms with Crippen LogP contribution in [0, 0.1) is 5.82 Å². The van der Waals surface area contributed by atoms with Crippen LogP contribution >= 0.6 is 0 Å². The lowest BCUT2D eigenvalue weighted by Gasteiger charge is -2.24. The van der Waals surface area contributed by atoms with Gasteiger partial charge in [0.05, 0.1) is 0 Å². The van der Waals surface area contributed by atoms with E-state index < -0.39 is 0 Å². The molecular weight excluding hydrogens is 315 g/mol. The molecule has 0 saturated heterocycles. The summed E-state index contributed by atoms with van der Waals surface area (Å²) in [6, 6.07) is 15.4. The van der Waals surface area contributed by atoms with Gasteiger partial charge in [-0.15, -0.1) is 0 Å². The molecule has 1 amide bonds. The summed E-state index contributed by atoms with van der Waals surface area (Å²) < 4.78 is 12.9. The van der Waals surface area contributed by atoms with Crippen LogP contribution in [-0.2, 0) is 17.6 Å². The minimum absolute atomic E-state index is 0.0548. The van der Waals surface area contributed by atoms with Crippen molar-refractivity contribution in [2.75, 3.05) is 18.0 Å². The van der Waals surface area contributed by atoms with Gasteiger partial charge in [-0.05, 0) is 55.5 Å². The first-order chi connectivity index (χ1) is 12.1. The van der Waals surface area contributed by atoms with Crippen molar-refractivity contribution < 1.29 is 9.18 Å². The Morgan fingerprint density at radius 1 is 1.20 bits per heavy atom. The lowest BCUT2D eigenvalue weighted by atomic mass is 10.1. The number of amides is 1. The Balaban J connectivity index is 1.37. The number of aryl methyl sites for hydroxylation is 1. The summed E-state index contributed by atoms with van der Waals surface area (Å²) >= 11 is 0. The van der Waals surface area contributed by atoms with E-state index in [1.165, 1.54) is 23.4 Å². The van der Waals surface area contributed by atoms with Crippen LogP contribution < -0.4 is 10.2 Å². The fraction of sp³-hybridized carbons (Fsp3) is 0.381. The van der Waals surface area contributed by atoms with E-state index in [-0.39, 0.29) is 11.7 Å². The zero-order valence-electron chi connectivity index (χ0n) is 14.7. The van der Waals surface area contributed by atoms with E-state index in [0.717, 1.165) is 24.9 Å². The second-order valence-electron chi connectivity index (χ2n) is 6.71. The van der Waals surface area contributed by atoms with Gasteiger partial charge in [-0.2, -0.15) is 0 Å². The molecule has 132 valence electrons. The fourth-order valence-electron chi connectivity index (χ4n) is 3.44. The molecule has 3 nitrogen and oxygen atoms in total. The summed E-state index contributed by atoms with van der Waals surface area (Å²) in [5, 5.41) is 2.99. The summed E-state index contributed by atoms with van der Waals surface area (Å²) in [7, 11) is 0. The average Bonchev–Trinajstić information content (AvgIpc) is 2.93. The third-order valence-corrected chi connectivity index (χ3v) is 4.80. The smallest absolute Gasteiger partial charge is 0.220 e. The lowest BCUT2D eigenvalue weighted by Crippen LogP contribution is -2.33. The van der Waals surface area contributed by atoms with Gasteiger partial charge in [-0.25, -0.2) is 4.39 Å². The molecule has 0 unspecified atom stereocenters. The summed E-state index contributed by atoms with van der Waals surface area (Å²) in [4.78, 5) is 14.4. The topological polar surface area (TPSA) is 32.3 Å². The maximum atomic E-state index is 12.9. The van der Waals surface area contributed by atoms with Crippen LogP contribution in [0.2, 0.25) is 0 Å². The molecule has 1 aliphatic heterocycles. The first-order valence-electron chi connectivity index (χ1n) is 8.99. The van der Waals surface area contributed by atoms with Gasteiger partial charge >= 0.3 is 0 Å². The van der Waals surface area contributed by atoms with Crippen LogP contribution in [0.3, 0.4) is 0 Å². The predicted octanol–water partition coefficient (Wildman–Crippen LogP) is 3.72. The van der Waals surface area contributed by atoms with Crippen LogP contribution in [0.4, 0.5) is 10.1 Å². The fourth-order valence-corrected chi connectivity index (χ4v) is 3.44. The molecule has 2 aromatic carbocycles. The number of para-hydroxylation sites is 1. The van der Waals surface area contributed by atoms with Crippen molar-refractivity contribution in [1.82, 2.24) is 5.32 Å². The van der Waals surface area contributed by atoms with Crippen LogP contribution in [0.5, 0.6) is 0 Å². The number of carbonyl (C=O) groups is 1. The van der Waals surface area contributed by atoms with Crippen LogP contribution in [0.25, 0.3) is 0 Å². The van der Waals surface area contributed by atoms with Crippen molar-refractivity contribution in [3.63, 3.8) is 0 Å². The Morgan fingerprint density at radius 2 is 1.96 bits per heavy atom. The van der Waals surface area contributed by atoms with Crippen LogP contribution in [0.15, 0.2) is 48.5 Å². The van der Waals surface area contributed by atoms with Gasteiger partial charge in [-0.3, -0.25) is 4.79 Å². The molecule has 0 aliphatic carbocycles. The Labute approximate surface area is 148 Å². The number of carbonyl (C=O) groups excluding carboxylic acids is 1. The second-order valence-corrected chi connectivity index (χ2v) is 6.71. The number of nitrogens with zero attached hydrogens (tertiary/aromatic N) is 1. The Morgan fingerprint density at radius 3 is 2.76 bits per heavy atom. The van der Waals surface area contributed by atoms with Crippen molar-refractivity contribution >= 4 is 11.6 Å². The van der Waals surface area contributed by atoms with Gasteiger partial charge in [0, 0.05) is 31.2 Å². The minimum atomic E-state index is -0.245. The van der Waals surface area contributed by atoms with Crippen molar-refractivity contribution in [3.8, 4) is 0 Å². The maximum absolute atomic E-state index is 12.9. The average molecular weight is 340 g/mol. The number of hydrogen-bond acceptors (Lipinski definition) is 2. The van der Waals surface area contributed by atoms with Crippen molar-refractivity contribution in [2.24, 2.45) is 0 Å². The number of anilines is 1. The van der Waals surface area contributed by atoms with Gasteiger partial charge in [0.1, 0.15) is 5.82 Å². The summed E-state index contributed by atoms with van der Waals surface area (Å²) in [6.07, 6.45) is 3.11. The first-order valence-corrected chi connectivity index (χ1v) is 8.99. The molecule has 1 atom stereocenters. The highest BCUT2D eigenvalue weighted by molar-refractivity contribution is 5.76. The third-order valence-electron chi connectivity index (χ3n) is 4.80. The van der Waals surface area contributed by atoms with E-state index in [2.05, 4.69) is 41.4 Å². The summed E-state index contributed by atoms with van der Waals surface area (Å²) in [5.41, 5.74) is 3.73. The molecule has 1 heterocycles. The van der Waals surface area contributed by atoms with Gasteiger partial charge < -0.3 is 10.2 Å². The first kappa shape index (κ1) is 17.5. The standard InChI is InChI=1S/C21H25FN2O/c1-16-15-18-5-2-3-6-20(18)24(16)14-4-13-23-21(25)12-9-17-7-10-19(22)11-8-17/h2-3,5-8,10-11,16H,4,9,12-15H2,1H3,(H,23,25)/t16-/m1/s1. The molecule has 0 spiro atoms. The molecule has 1 N–H and O–H groups in total. The predicted molar refractivity (Wildman–Crippen MR) is 99.3 cm³/mol. The van der Waals surface area contributed by atoms with Crippen LogP contribution in [0.1, 0.15) is 30.9 Å². The molecule has 0 fully saturated rings. The molecule has 25 heavy (non-hydrogen) atoms. The minimum Gasteiger partial charge on any atom is -0.368 e. The Hall–Kier alpha value is -2.36. The van der Waals surface area contributed by atoms with Gasteiger partial charge in [0.25, 0.3) is 0 Å². The van der Waals surface area contributed by atoms with E-state index in [1.807, 2.05) is 0 Å². The number of benzene rings is 2. The van der Waals surface area contributed by atoms with E-state index in [0.29, 0.717) is 25.4 Å². The summed E-state index contributed by atoms with van der Waals surface area (Å²) in [5.74, 6) is -0.190. The highest BCUT2D eigenvalue weighted by Crippen LogP contribution is 2.31. The van der Waals surface area contributed by atoms with Crippen LogP contribution in [-0.4, -0.2) is 25.0 Å². The molecule has 0 bridgehead atoms. The van der Waals surface area contributed by atoms with Crippen molar-refractivity contribution in [2.45, 2.75) is 38.6 Å². The highest BCUT2D eigenvalue weighted by Gasteiger charge is 2.24. The molecule has 2 aromatic rings. The monoisotopic (exact) mass is 340 g/mol. The van der Waals surface area contributed by atoms with E-state index in [9.17, 15) is 9.18 Å². The zero-order valence-corrected chi connectivity index (χ0v) is 14.7. The molecule has 0 aromatic heterocycles. The molecule has 4 heteroatoms. The Kier molecular flexibility index (Phi) is 5.69. The van der Waals surface area contributed by atoms with Crippen molar-refractivity contribution in [3.05, 3.63) is 65.5 Å². The largest absolute Gasteiger partial charge is 0.368 e. The van der Waals surface area contributed by atoms with E-state index in [1.54, 1.807) is 12.1 Å². The number of hydrogen-bond donors (Lipinski definition) is 1. The number of halogens is 1. The molecule has 3 rings (SSSR count). The maximum Gasteiger partial charge on any atom is 0.220 e.